The van der Waals surface area contributed by atoms with Crippen LogP contribution in [0, 0.1) is 0 Å². The number of anilines is 2. The van der Waals surface area contributed by atoms with Crippen LogP contribution in [0.2, 0.25) is 0 Å². The van der Waals surface area contributed by atoms with Crippen LogP contribution in [0.1, 0.15) is 19.8 Å². The number of rotatable bonds is 6. The lowest BCUT2D eigenvalue weighted by atomic mass is 10.3. The first-order valence-corrected chi connectivity index (χ1v) is 5.22. The molecule has 0 amide bonds. The normalized spacial score (nSPS) is 10.3. The average molecular weight is 210 g/mol. The van der Waals surface area contributed by atoms with Gasteiger partial charge in [-0.15, -0.1) is 0 Å². The fourth-order valence-electron chi connectivity index (χ4n) is 1.35. The van der Waals surface area contributed by atoms with Gasteiger partial charge in [-0.3, -0.25) is 0 Å². The van der Waals surface area contributed by atoms with Gasteiger partial charge in [-0.25, -0.2) is 4.98 Å². The second kappa shape index (κ2) is 6.19. The first-order valence-electron chi connectivity index (χ1n) is 5.22. The summed E-state index contributed by atoms with van der Waals surface area (Å²) in [6, 6.07) is 1.81. The molecule has 0 aromatic carbocycles. The SMILES string of the molecule is CCCCN(CCO)c1ccnc(N)n1. The summed E-state index contributed by atoms with van der Waals surface area (Å²) in [4.78, 5) is 9.98. The number of nitrogens with zero attached hydrogens (tertiary/aromatic N) is 3. The molecular weight excluding hydrogens is 192 g/mol. The molecule has 5 heteroatoms. The summed E-state index contributed by atoms with van der Waals surface area (Å²) in [5.74, 6) is 1.05. The maximum absolute atomic E-state index is 8.95. The third-order valence-electron chi connectivity index (χ3n) is 2.14. The van der Waals surface area contributed by atoms with Gasteiger partial charge in [-0.1, -0.05) is 13.3 Å². The summed E-state index contributed by atoms with van der Waals surface area (Å²) in [6.07, 6.45) is 3.82. The van der Waals surface area contributed by atoms with Crippen LogP contribution in [-0.4, -0.2) is 34.8 Å². The van der Waals surface area contributed by atoms with E-state index >= 15 is 0 Å². The monoisotopic (exact) mass is 210 g/mol. The van der Waals surface area contributed by atoms with E-state index in [-0.39, 0.29) is 12.6 Å². The minimum atomic E-state index is 0.119. The molecule has 0 aliphatic carbocycles. The van der Waals surface area contributed by atoms with Crippen molar-refractivity contribution in [1.82, 2.24) is 9.97 Å². The average Bonchev–Trinajstić information content (AvgIpc) is 2.24. The van der Waals surface area contributed by atoms with Crippen LogP contribution in [0.4, 0.5) is 11.8 Å². The Labute approximate surface area is 90.0 Å². The van der Waals surface area contributed by atoms with Gasteiger partial charge in [-0.2, -0.15) is 4.98 Å². The lowest BCUT2D eigenvalue weighted by Gasteiger charge is -2.22. The zero-order valence-corrected chi connectivity index (χ0v) is 9.06. The lowest BCUT2D eigenvalue weighted by molar-refractivity contribution is 0.301. The van der Waals surface area contributed by atoms with Gasteiger partial charge in [0, 0.05) is 19.3 Å². The van der Waals surface area contributed by atoms with Crippen molar-refractivity contribution < 1.29 is 5.11 Å². The van der Waals surface area contributed by atoms with E-state index in [4.69, 9.17) is 10.8 Å². The van der Waals surface area contributed by atoms with Crippen LogP contribution < -0.4 is 10.6 Å². The number of aliphatic hydroxyl groups is 1. The largest absolute Gasteiger partial charge is 0.395 e. The molecule has 1 heterocycles. The van der Waals surface area contributed by atoms with Gasteiger partial charge in [-0.05, 0) is 12.5 Å². The smallest absolute Gasteiger partial charge is 0.221 e. The molecule has 1 aromatic heterocycles. The molecule has 5 nitrogen and oxygen atoms in total. The highest BCUT2D eigenvalue weighted by atomic mass is 16.3. The van der Waals surface area contributed by atoms with Crippen LogP contribution in [0.5, 0.6) is 0 Å². The molecule has 0 saturated heterocycles. The quantitative estimate of drug-likeness (QED) is 0.721. The molecule has 0 bridgehead atoms. The minimum Gasteiger partial charge on any atom is -0.395 e. The highest BCUT2D eigenvalue weighted by molar-refractivity contribution is 5.40. The summed E-state index contributed by atoms with van der Waals surface area (Å²) in [7, 11) is 0. The van der Waals surface area contributed by atoms with Gasteiger partial charge < -0.3 is 15.7 Å². The van der Waals surface area contributed by atoms with Gasteiger partial charge in [0.25, 0.3) is 0 Å². The number of aromatic nitrogens is 2. The predicted octanol–water partition coefficient (Wildman–Crippen LogP) is 0.658. The van der Waals surface area contributed by atoms with Gasteiger partial charge in [0.15, 0.2) is 0 Å². The van der Waals surface area contributed by atoms with Crippen molar-refractivity contribution >= 4 is 11.8 Å². The summed E-state index contributed by atoms with van der Waals surface area (Å²) in [5.41, 5.74) is 5.51. The Bertz CT molecular complexity index is 293. The van der Waals surface area contributed by atoms with E-state index in [9.17, 15) is 0 Å². The van der Waals surface area contributed by atoms with E-state index in [1.807, 2.05) is 11.0 Å². The molecule has 0 unspecified atom stereocenters. The summed E-state index contributed by atoms with van der Waals surface area (Å²) in [5, 5.41) is 8.95. The van der Waals surface area contributed by atoms with E-state index in [1.54, 1.807) is 6.20 Å². The molecule has 3 N–H and O–H groups in total. The Morgan fingerprint density at radius 1 is 1.47 bits per heavy atom. The van der Waals surface area contributed by atoms with Crippen LogP contribution in [0.3, 0.4) is 0 Å². The maximum atomic E-state index is 8.95. The number of hydrogen-bond donors (Lipinski definition) is 2. The van der Waals surface area contributed by atoms with Crippen LogP contribution in [0.15, 0.2) is 12.3 Å². The van der Waals surface area contributed by atoms with E-state index in [1.165, 1.54) is 0 Å². The van der Waals surface area contributed by atoms with E-state index in [2.05, 4.69) is 16.9 Å². The van der Waals surface area contributed by atoms with Crippen molar-refractivity contribution in [3.05, 3.63) is 12.3 Å². The molecule has 84 valence electrons. The third kappa shape index (κ3) is 3.71. The number of nitrogens with two attached hydrogens (primary N) is 1. The topological polar surface area (TPSA) is 75.3 Å². The standard InChI is InChI=1S/C10H18N4O/c1-2-3-6-14(7-8-15)9-4-5-12-10(11)13-9/h4-5,15H,2-3,6-8H2,1H3,(H2,11,12,13). The third-order valence-corrected chi connectivity index (χ3v) is 2.14. The zero-order chi connectivity index (χ0) is 11.1. The molecule has 1 aromatic rings. The van der Waals surface area contributed by atoms with Crippen molar-refractivity contribution in [2.24, 2.45) is 0 Å². The molecule has 0 atom stereocenters. The number of aliphatic hydroxyl groups excluding tert-OH is 1. The Morgan fingerprint density at radius 3 is 2.87 bits per heavy atom. The molecule has 0 saturated carbocycles. The van der Waals surface area contributed by atoms with E-state index in [0.29, 0.717) is 6.54 Å². The molecule has 15 heavy (non-hydrogen) atoms. The molecule has 0 radical (unpaired) electrons. The van der Waals surface area contributed by atoms with Crippen LogP contribution >= 0.6 is 0 Å². The van der Waals surface area contributed by atoms with Crippen molar-refractivity contribution in [2.45, 2.75) is 19.8 Å². The highest BCUT2D eigenvalue weighted by Gasteiger charge is 2.06. The Balaban J connectivity index is 2.69. The van der Waals surface area contributed by atoms with Crippen LogP contribution in [-0.2, 0) is 0 Å². The van der Waals surface area contributed by atoms with Crippen molar-refractivity contribution in [2.75, 3.05) is 30.3 Å². The maximum Gasteiger partial charge on any atom is 0.221 e. The predicted molar refractivity (Wildman–Crippen MR) is 60.7 cm³/mol. The molecule has 0 fully saturated rings. The Morgan fingerprint density at radius 2 is 2.27 bits per heavy atom. The number of nitrogen functional groups attached to an aromatic ring is 1. The molecular formula is C10H18N4O. The molecule has 1 rings (SSSR count). The number of hydrogen-bond acceptors (Lipinski definition) is 5. The Hall–Kier alpha value is -1.36. The molecule has 0 spiro atoms. The van der Waals surface area contributed by atoms with Gasteiger partial charge >= 0.3 is 0 Å². The van der Waals surface area contributed by atoms with Gasteiger partial charge in [0.2, 0.25) is 5.95 Å². The van der Waals surface area contributed by atoms with Crippen molar-refractivity contribution in [3.63, 3.8) is 0 Å². The Kier molecular flexibility index (Phi) is 4.83. The van der Waals surface area contributed by atoms with Crippen molar-refractivity contribution in [1.29, 1.82) is 0 Å². The minimum absolute atomic E-state index is 0.119. The van der Waals surface area contributed by atoms with Gasteiger partial charge in [0.1, 0.15) is 5.82 Å². The molecule has 0 aliphatic rings. The van der Waals surface area contributed by atoms with Crippen molar-refractivity contribution in [3.8, 4) is 0 Å². The summed E-state index contributed by atoms with van der Waals surface area (Å²) >= 11 is 0. The fraction of sp³-hybridized carbons (Fsp3) is 0.600. The lowest BCUT2D eigenvalue weighted by Crippen LogP contribution is -2.28. The number of unbranched alkanes of at least 4 members (excludes halogenated alkanes) is 1. The highest BCUT2D eigenvalue weighted by Crippen LogP contribution is 2.11. The first kappa shape index (κ1) is 11.7. The second-order valence-electron chi connectivity index (χ2n) is 3.34. The van der Waals surface area contributed by atoms with Gasteiger partial charge in [0.05, 0.1) is 6.61 Å². The summed E-state index contributed by atoms with van der Waals surface area (Å²) in [6.45, 7) is 3.71. The zero-order valence-electron chi connectivity index (χ0n) is 9.06. The summed E-state index contributed by atoms with van der Waals surface area (Å²) < 4.78 is 0. The first-order chi connectivity index (χ1) is 7.27. The van der Waals surface area contributed by atoms with E-state index < -0.39 is 0 Å². The fourth-order valence-corrected chi connectivity index (χ4v) is 1.35. The second-order valence-corrected chi connectivity index (χ2v) is 3.34. The van der Waals surface area contributed by atoms with E-state index in [0.717, 1.165) is 25.2 Å². The van der Waals surface area contributed by atoms with Crippen LogP contribution in [0.25, 0.3) is 0 Å². The molecule has 0 aliphatic heterocycles.